The van der Waals surface area contributed by atoms with Gasteiger partial charge in [-0.05, 0) is 56.3 Å². The molecule has 0 radical (unpaired) electrons. The molecule has 1 aromatic carbocycles. The van der Waals surface area contributed by atoms with Crippen molar-refractivity contribution in [2.45, 2.75) is 50.5 Å². The fraction of sp³-hybridized carbons (Fsp3) is 0.600. The van der Waals surface area contributed by atoms with Crippen molar-refractivity contribution in [2.24, 2.45) is 11.7 Å². The lowest BCUT2D eigenvalue weighted by Crippen LogP contribution is -2.44. The minimum absolute atomic E-state index is 0. The van der Waals surface area contributed by atoms with E-state index < -0.39 is 14.9 Å². The summed E-state index contributed by atoms with van der Waals surface area (Å²) < 4.78 is 28.0. The molecule has 3 N–H and O–H groups in total. The Hall–Kier alpha value is -1.22. The summed E-state index contributed by atoms with van der Waals surface area (Å²) in [4.78, 5) is 10.3. The Morgan fingerprint density at radius 1 is 1.25 bits per heavy atom. The van der Waals surface area contributed by atoms with Crippen molar-refractivity contribution in [1.82, 2.24) is 4.72 Å². The Morgan fingerprint density at radius 2 is 1.83 bits per heavy atom. The average Bonchev–Trinajstić information content (AvgIpc) is 2.49. The number of nitrogens with one attached hydrogen (secondary N) is 1. The molecule has 136 valence electrons. The van der Waals surface area contributed by atoms with Crippen molar-refractivity contribution in [3.05, 3.63) is 33.4 Å². The van der Waals surface area contributed by atoms with Crippen molar-refractivity contribution >= 4 is 28.1 Å². The van der Waals surface area contributed by atoms with Gasteiger partial charge < -0.3 is 5.73 Å². The smallest absolute Gasteiger partial charge is 0.289 e. The monoisotopic (exact) mass is 377 g/mol. The van der Waals surface area contributed by atoms with Gasteiger partial charge in [0.15, 0.2) is 4.90 Å². The van der Waals surface area contributed by atoms with Crippen LogP contribution < -0.4 is 10.5 Å². The second kappa shape index (κ2) is 8.24. The molecule has 7 nitrogen and oxygen atoms in total. The molecule has 0 amide bonds. The maximum absolute atomic E-state index is 12.7. The van der Waals surface area contributed by atoms with E-state index in [4.69, 9.17) is 5.73 Å². The van der Waals surface area contributed by atoms with Gasteiger partial charge >= 0.3 is 0 Å². The van der Waals surface area contributed by atoms with Gasteiger partial charge in [0.2, 0.25) is 10.0 Å². The molecule has 1 aromatic rings. The van der Waals surface area contributed by atoms with E-state index in [1.165, 1.54) is 12.1 Å². The summed E-state index contributed by atoms with van der Waals surface area (Å²) in [6.45, 7) is 3.86. The number of nitrogens with two attached hydrogens (primary N) is 1. The highest BCUT2D eigenvalue weighted by Gasteiger charge is 2.32. The fourth-order valence-electron chi connectivity index (χ4n) is 3.04. The van der Waals surface area contributed by atoms with Crippen LogP contribution in [-0.2, 0) is 10.0 Å². The minimum Gasteiger partial charge on any atom is -0.330 e. The molecule has 1 aliphatic carbocycles. The van der Waals surface area contributed by atoms with Crippen molar-refractivity contribution in [2.75, 3.05) is 6.54 Å². The Balaban J connectivity index is 0.00000288. The lowest BCUT2D eigenvalue weighted by molar-refractivity contribution is -0.387. The van der Waals surface area contributed by atoms with Gasteiger partial charge in [0.1, 0.15) is 0 Å². The second-order valence-corrected chi connectivity index (χ2v) is 7.85. The zero-order valence-electron chi connectivity index (χ0n) is 13.8. The van der Waals surface area contributed by atoms with Crippen molar-refractivity contribution in [3.8, 4) is 0 Å². The zero-order chi connectivity index (χ0) is 17.2. The molecule has 9 heteroatoms. The summed E-state index contributed by atoms with van der Waals surface area (Å²) in [7, 11) is -3.97. The van der Waals surface area contributed by atoms with Crippen molar-refractivity contribution in [3.63, 3.8) is 0 Å². The highest BCUT2D eigenvalue weighted by atomic mass is 35.5. The summed E-state index contributed by atoms with van der Waals surface area (Å²) in [6, 6.07) is 2.42. The number of hydrogen-bond donors (Lipinski definition) is 2. The van der Waals surface area contributed by atoms with E-state index in [0.717, 1.165) is 19.3 Å². The van der Waals surface area contributed by atoms with Crippen LogP contribution in [0.1, 0.15) is 36.8 Å². The standard InChI is InChI=1S/C15H23N3O4S.ClH/c1-10-7-14(18(19)20)15(8-11(10)2)23(21,22)17-13-6-4-3-5-12(13)9-16;/h7-8,12-13,17H,3-6,9,16H2,1-2H3;1H. The summed E-state index contributed by atoms with van der Waals surface area (Å²) in [5.74, 6) is 0.0733. The number of rotatable bonds is 5. The van der Waals surface area contributed by atoms with Crippen LogP contribution in [0.2, 0.25) is 0 Å². The largest absolute Gasteiger partial charge is 0.330 e. The SMILES string of the molecule is Cc1cc([N+](=O)[O-])c(S(=O)(=O)NC2CCCCC2CN)cc1C.Cl. The number of halogens is 1. The summed E-state index contributed by atoms with van der Waals surface area (Å²) in [5.41, 5.74) is 6.73. The van der Waals surface area contributed by atoms with E-state index in [2.05, 4.69) is 4.72 Å². The fourth-order valence-corrected chi connectivity index (χ4v) is 4.62. The first kappa shape index (κ1) is 20.8. The molecule has 1 fully saturated rings. The molecule has 0 heterocycles. The Bertz CT molecular complexity index is 709. The summed E-state index contributed by atoms with van der Waals surface area (Å²) in [5, 5.41) is 11.2. The van der Waals surface area contributed by atoms with Crippen LogP contribution in [0.5, 0.6) is 0 Å². The highest BCUT2D eigenvalue weighted by molar-refractivity contribution is 7.89. The normalized spacial score (nSPS) is 21.1. The van der Waals surface area contributed by atoms with Crippen LogP contribution in [0.4, 0.5) is 5.69 Å². The number of nitro benzene ring substituents is 1. The van der Waals surface area contributed by atoms with Crippen LogP contribution in [-0.4, -0.2) is 25.9 Å². The second-order valence-electron chi connectivity index (χ2n) is 6.17. The Labute approximate surface area is 148 Å². The maximum atomic E-state index is 12.7. The molecule has 0 spiro atoms. The predicted octanol–water partition coefficient (Wildman–Crippen LogP) is 2.43. The van der Waals surface area contributed by atoms with Gasteiger partial charge in [0.25, 0.3) is 5.69 Å². The number of hydrogen-bond acceptors (Lipinski definition) is 5. The molecule has 0 saturated heterocycles. The van der Waals surface area contributed by atoms with E-state index in [1.54, 1.807) is 13.8 Å². The van der Waals surface area contributed by atoms with Crippen LogP contribution >= 0.6 is 12.4 Å². The first-order valence-corrected chi connectivity index (χ1v) is 9.22. The first-order chi connectivity index (χ1) is 10.8. The van der Waals surface area contributed by atoms with Gasteiger partial charge in [0, 0.05) is 12.1 Å². The van der Waals surface area contributed by atoms with Crippen LogP contribution in [0.3, 0.4) is 0 Å². The van der Waals surface area contributed by atoms with Gasteiger partial charge in [-0.25, -0.2) is 13.1 Å². The van der Waals surface area contributed by atoms with Gasteiger partial charge in [0.05, 0.1) is 4.92 Å². The number of nitro groups is 1. The van der Waals surface area contributed by atoms with Gasteiger partial charge in [-0.3, -0.25) is 10.1 Å². The van der Waals surface area contributed by atoms with E-state index in [1.807, 2.05) is 0 Å². The molecule has 2 atom stereocenters. The van der Waals surface area contributed by atoms with Gasteiger partial charge in [-0.1, -0.05) is 12.8 Å². The maximum Gasteiger partial charge on any atom is 0.289 e. The molecular formula is C15H24ClN3O4S. The van der Waals surface area contributed by atoms with Crippen molar-refractivity contribution in [1.29, 1.82) is 0 Å². The summed E-state index contributed by atoms with van der Waals surface area (Å²) >= 11 is 0. The van der Waals surface area contributed by atoms with Crippen LogP contribution in [0.25, 0.3) is 0 Å². The number of nitrogens with zero attached hydrogens (tertiary/aromatic N) is 1. The van der Waals surface area contributed by atoms with Gasteiger partial charge in [-0.2, -0.15) is 0 Å². The molecule has 0 aromatic heterocycles. The molecule has 2 unspecified atom stereocenters. The molecule has 24 heavy (non-hydrogen) atoms. The lowest BCUT2D eigenvalue weighted by atomic mass is 9.85. The highest BCUT2D eigenvalue weighted by Crippen LogP contribution is 2.30. The van der Waals surface area contributed by atoms with Crippen LogP contribution in [0.15, 0.2) is 17.0 Å². The Morgan fingerprint density at radius 3 is 2.42 bits per heavy atom. The molecule has 0 aliphatic heterocycles. The molecule has 1 saturated carbocycles. The van der Waals surface area contributed by atoms with Crippen molar-refractivity contribution < 1.29 is 13.3 Å². The molecule has 0 bridgehead atoms. The lowest BCUT2D eigenvalue weighted by Gasteiger charge is -2.31. The molecule has 1 aliphatic rings. The van der Waals surface area contributed by atoms with E-state index >= 15 is 0 Å². The quantitative estimate of drug-likeness (QED) is 0.603. The number of sulfonamides is 1. The number of benzene rings is 1. The van der Waals surface area contributed by atoms with E-state index in [9.17, 15) is 18.5 Å². The predicted molar refractivity (Wildman–Crippen MR) is 94.9 cm³/mol. The first-order valence-electron chi connectivity index (χ1n) is 7.74. The topological polar surface area (TPSA) is 115 Å². The van der Waals surface area contributed by atoms with E-state index in [-0.39, 0.29) is 34.9 Å². The summed E-state index contributed by atoms with van der Waals surface area (Å²) in [6.07, 6.45) is 3.54. The zero-order valence-corrected chi connectivity index (χ0v) is 15.5. The average molecular weight is 378 g/mol. The van der Waals surface area contributed by atoms with Crippen LogP contribution in [0, 0.1) is 29.9 Å². The third-order valence-corrected chi connectivity index (χ3v) is 6.10. The van der Waals surface area contributed by atoms with Gasteiger partial charge in [-0.15, -0.1) is 12.4 Å². The molecule has 2 rings (SSSR count). The minimum atomic E-state index is -3.97. The third-order valence-electron chi connectivity index (χ3n) is 4.58. The van der Waals surface area contributed by atoms with E-state index in [0.29, 0.717) is 24.1 Å². The third kappa shape index (κ3) is 4.44. The molecular weight excluding hydrogens is 354 g/mol. The number of aryl methyl sites for hydroxylation is 2. The Kier molecular flexibility index (Phi) is 7.15.